The number of imidazole rings is 1. The van der Waals surface area contributed by atoms with Gasteiger partial charge >= 0.3 is 0 Å². The third-order valence-corrected chi connectivity index (χ3v) is 3.20. The van der Waals surface area contributed by atoms with E-state index in [9.17, 15) is 15.3 Å². The van der Waals surface area contributed by atoms with Gasteiger partial charge in [0.2, 0.25) is 0 Å². The Kier molecular flexibility index (Phi) is 3.04. The van der Waals surface area contributed by atoms with Crippen molar-refractivity contribution in [2.24, 2.45) is 0 Å². The quantitative estimate of drug-likeness (QED) is 0.681. The van der Waals surface area contributed by atoms with Gasteiger partial charge in [-0.05, 0) is 24.3 Å². The van der Waals surface area contributed by atoms with Crippen LogP contribution in [-0.2, 0) is 6.54 Å². The maximum Gasteiger partial charge on any atom is 0.144 e. The molecule has 0 aliphatic carbocycles. The van der Waals surface area contributed by atoms with Gasteiger partial charge in [0.1, 0.15) is 17.3 Å². The molecule has 0 aliphatic heterocycles. The fourth-order valence-electron chi connectivity index (χ4n) is 2.32. The Morgan fingerprint density at radius 1 is 1.05 bits per heavy atom. The number of aromatic nitrogens is 2. The summed E-state index contributed by atoms with van der Waals surface area (Å²) in [6, 6.07) is 12.0. The van der Waals surface area contributed by atoms with Crippen LogP contribution in [0.25, 0.3) is 22.4 Å². The summed E-state index contributed by atoms with van der Waals surface area (Å²) in [5, 5.41) is 28.6. The van der Waals surface area contributed by atoms with Gasteiger partial charge in [-0.1, -0.05) is 12.1 Å². The molecule has 5 nitrogen and oxygen atoms in total. The minimum absolute atomic E-state index is 0.00364. The zero-order valence-corrected chi connectivity index (χ0v) is 10.7. The maximum atomic E-state index is 9.99. The van der Waals surface area contributed by atoms with Gasteiger partial charge in [0, 0.05) is 12.6 Å². The van der Waals surface area contributed by atoms with E-state index in [0.29, 0.717) is 17.9 Å². The number of fused-ring (bicyclic) bond motifs is 1. The molecule has 102 valence electrons. The van der Waals surface area contributed by atoms with Gasteiger partial charge in [-0.3, -0.25) is 0 Å². The fraction of sp³-hybridized carbons (Fsp3) is 0.133. The monoisotopic (exact) mass is 270 g/mol. The molecule has 3 aromatic rings. The van der Waals surface area contributed by atoms with Gasteiger partial charge in [0.05, 0.1) is 23.2 Å². The Bertz CT molecular complexity index is 765. The van der Waals surface area contributed by atoms with Gasteiger partial charge in [0.15, 0.2) is 0 Å². The molecule has 0 saturated heterocycles. The molecule has 1 aromatic heterocycles. The largest absolute Gasteiger partial charge is 0.508 e. The average Bonchev–Trinajstić information content (AvgIpc) is 2.78. The molecule has 3 rings (SSSR count). The van der Waals surface area contributed by atoms with E-state index in [4.69, 9.17) is 0 Å². The number of phenols is 2. The number of hydrogen-bond acceptors (Lipinski definition) is 4. The van der Waals surface area contributed by atoms with Gasteiger partial charge < -0.3 is 19.9 Å². The lowest BCUT2D eigenvalue weighted by atomic mass is 10.2. The lowest BCUT2D eigenvalue weighted by molar-refractivity contribution is 0.278. The van der Waals surface area contributed by atoms with Crippen molar-refractivity contribution in [2.45, 2.75) is 6.54 Å². The Morgan fingerprint density at radius 3 is 2.60 bits per heavy atom. The first-order chi connectivity index (χ1) is 9.70. The summed E-state index contributed by atoms with van der Waals surface area (Å²) in [5.74, 6) is 0.522. The number of aliphatic hydroxyl groups is 1. The Balaban J connectivity index is 2.26. The summed E-state index contributed by atoms with van der Waals surface area (Å²) in [6.45, 7) is 0.363. The highest BCUT2D eigenvalue weighted by molar-refractivity contribution is 5.82. The number of phenolic OH excluding ortho intramolecular Hbond substituents is 2. The number of para-hydroxylation sites is 2. The van der Waals surface area contributed by atoms with Crippen molar-refractivity contribution in [3.63, 3.8) is 0 Å². The molecular weight excluding hydrogens is 256 g/mol. The molecule has 20 heavy (non-hydrogen) atoms. The van der Waals surface area contributed by atoms with Gasteiger partial charge in [-0.25, -0.2) is 4.98 Å². The zero-order valence-electron chi connectivity index (χ0n) is 10.7. The summed E-state index contributed by atoms with van der Waals surface area (Å²) in [6.07, 6.45) is 0. The highest BCUT2D eigenvalue weighted by atomic mass is 16.3. The van der Waals surface area contributed by atoms with Crippen molar-refractivity contribution < 1.29 is 15.3 Å². The van der Waals surface area contributed by atoms with E-state index >= 15 is 0 Å². The van der Waals surface area contributed by atoms with E-state index in [1.807, 2.05) is 28.8 Å². The molecule has 0 bridgehead atoms. The smallest absolute Gasteiger partial charge is 0.144 e. The SMILES string of the molecule is OCCn1c(-c2ccc(O)cc2O)nc2ccccc21. The molecule has 0 saturated carbocycles. The van der Waals surface area contributed by atoms with Gasteiger partial charge in [-0.15, -0.1) is 0 Å². The Morgan fingerprint density at radius 2 is 1.85 bits per heavy atom. The van der Waals surface area contributed by atoms with Crippen LogP contribution in [0.1, 0.15) is 0 Å². The molecule has 0 radical (unpaired) electrons. The van der Waals surface area contributed by atoms with E-state index in [1.165, 1.54) is 12.1 Å². The van der Waals surface area contributed by atoms with Crippen LogP contribution >= 0.6 is 0 Å². The van der Waals surface area contributed by atoms with Crippen LogP contribution in [0.4, 0.5) is 0 Å². The van der Waals surface area contributed by atoms with Gasteiger partial charge in [0.25, 0.3) is 0 Å². The summed E-state index contributed by atoms with van der Waals surface area (Å²) in [4.78, 5) is 4.50. The first-order valence-electron chi connectivity index (χ1n) is 6.29. The normalized spacial score (nSPS) is 11.1. The standard InChI is InChI=1S/C15H14N2O3/c18-8-7-17-13-4-2-1-3-12(13)16-15(17)11-6-5-10(19)9-14(11)20/h1-6,9,18-20H,7-8H2. The molecule has 1 heterocycles. The van der Waals surface area contributed by atoms with Crippen LogP contribution in [0, 0.1) is 0 Å². The van der Waals surface area contributed by atoms with E-state index in [1.54, 1.807) is 6.07 Å². The molecule has 0 fully saturated rings. The molecule has 0 aliphatic rings. The summed E-state index contributed by atoms with van der Waals surface area (Å²) >= 11 is 0. The second-order valence-corrected chi connectivity index (χ2v) is 4.50. The molecule has 0 amide bonds. The third kappa shape index (κ3) is 1.98. The number of rotatable bonds is 3. The Labute approximate surface area is 115 Å². The van der Waals surface area contributed by atoms with E-state index in [-0.39, 0.29) is 18.1 Å². The Hall–Kier alpha value is -2.53. The minimum atomic E-state index is -0.0421. The van der Waals surface area contributed by atoms with Crippen molar-refractivity contribution in [1.82, 2.24) is 9.55 Å². The lowest BCUT2D eigenvalue weighted by Gasteiger charge is -2.09. The fourth-order valence-corrected chi connectivity index (χ4v) is 2.32. The minimum Gasteiger partial charge on any atom is -0.508 e. The predicted octanol–water partition coefficient (Wildman–Crippen LogP) is 2.11. The van der Waals surface area contributed by atoms with E-state index in [0.717, 1.165) is 11.0 Å². The number of aliphatic hydroxyl groups excluding tert-OH is 1. The highest BCUT2D eigenvalue weighted by Crippen LogP contribution is 2.33. The number of benzene rings is 2. The number of aromatic hydroxyl groups is 2. The van der Waals surface area contributed by atoms with Gasteiger partial charge in [-0.2, -0.15) is 0 Å². The molecule has 0 unspecified atom stereocenters. The summed E-state index contributed by atoms with van der Waals surface area (Å²) in [7, 11) is 0. The second-order valence-electron chi connectivity index (χ2n) is 4.50. The first kappa shape index (κ1) is 12.5. The first-order valence-corrected chi connectivity index (χ1v) is 6.29. The van der Waals surface area contributed by atoms with Crippen LogP contribution in [0.3, 0.4) is 0 Å². The molecule has 0 atom stereocenters. The molecule has 3 N–H and O–H groups in total. The molecular formula is C15H14N2O3. The maximum absolute atomic E-state index is 9.99. The van der Waals surface area contributed by atoms with Crippen molar-refractivity contribution in [3.8, 4) is 22.9 Å². The predicted molar refractivity (Wildman–Crippen MR) is 75.6 cm³/mol. The summed E-state index contributed by atoms with van der Waals surface area (Å²) in [5.41, 5.74) is 2.21. The van der Waals surface area contributed by atoms with Crippen LogP contribution in [0.5, 0.6) is 11.5 Å². The zero-order chi connectivity index (χ0) is 14.1. The van der Waals surface area contributed by atoms with Crippen LogP contribution < -0.4 is 0 Å². The van der Waals surface area contributed by atoms with Crippen LogP contribution in [0.15, 0.2) is 42.5 Å². The van der Waals surface area contributed by atoms with Crippen molar-refractivity contribution in [2.75, 3.05) is 6.61 Å². The van der Waals surface area contributed by atoms with E-state index in [2.05, 4.69) is 4.98 Å². The third-order valence-electron chi connectivity index (χ3n) is 3.20. The van der Waals surface area contributed by atoms with Crippen LogP contribution in [-0.4, -0.2) is 31.5 Å². The van der Waals surface area contributed by atoms with Crippen molar-refractivity contribution in [3.05, 3.63) is 42.5 Å². The van der Waals surface area contributed by atoms with Crippen molar-refractivity contribution in [1.29, 1.82) is 0 Å². The van der Waals surface area contributed by atoms with E-state index < -0.39 is 0 Å². The topological polar surface area (TPSA) is 78.5 Å². The summed E-state index contributed by atoms with van der Waals surface area (Å²) < 4.78 is 1.85. The molecule has 0 spiro atoms. The number of nitrogens with zero attached hydrogens (tertiary/aromatic N) is 2. The second kappa shape index (κ2) is 4.86. The average molecular weight is 270 g/mol. The number of hydrogen-bond donors (Lipinski definition) is 3. The highest BCUT2D eigenvalue weighted by Gasteiger charge is 2.15. The molecule has 5 heteroatoms. The lowest BCUT2D eigenvalue weighted by Crippen LogP contribution is -2.04. The molecule has 2 aromatic carbocycles. The van der Waals surface area contributed by atoms with Crippen LogP contribution in [0.2, 0.25) is 0 Å². The van der Waals surface area contributed by atoms with Crippen molar-refractivity contribution >= 4 is 11.0 Å².